The molecule has 0 saturated carbocycles. The second kappa shape index (κ2) is 41.7. The molecule has 0 bridgehead atoms. The van der Waals surface area contributed by atoms with Crippen LogP contribution in [0.5, 0.6) is 0 Å². The van der Waals surface area contributed by atoms with Crippen LogP contribution >= 0.6 is 7.82 Å². The van der Waals surface area contributed by atoms with E-state index in [1.165, 1.54) is 180 Å². The average Bonchev–Trinajstić information content (AvgIpc) is 3.15. The third-order valence-electron chi connectivity index (χ3n) is 10.4. The van der Waals surface area contributed by atoms with Crippen molar-refractivity contribution in [2.45, 2.75) is 258 Å². The Hall–Kier alpha value is -0.950. The van der Waals surface area contributed by atoms with Gasteiger partial charge in [-0.25, -0.2) is 4.57 Å². The Morgan fingerprint density at radius 2 is 0.722 bits per heavy atom. The zero-order valence-electron chi connectivity index (χ0n) is 35.9. The molecule has 2 unspecified atom stereocenters. The molecule has 0 aliphatic heterocycles. The fourth-order valence-corrected chi connectivity index (χ4v) is 7.74. The predicted molar refractivity (Wildman–Crippen MR) is 226 cm³/mol. The summed E-state index contributed by atoms with van der Waals surface area (Å²) in [6.45, 7) is 5.53. The topological polar surface area (TPSA) is 108 Å². The largest absolute Gasteiger partial charge is 0.472 e. The molecule has 1 N–H and O–H groups in total. The number of rotatable bonds is 44. The summed E-state index contributed by atoms with van der Waals surface area (Å²) in [6.07, 6.45) is 43.0. The summed E-state index contributed by atoms with van der Waals surface area (Å²) >= 11 is 0. The minimum absolute atomic E-state index is 0.00577. The molecule has 0 saturated heterocycles. The molecule has 0 spiro atoms. The Morgan fingerprint density at radius 1 is 0.426 bits per heavy atom. The van der Waals surface area contributed by atoms with Gasteiger partial charge in [-0.3, -0.25) is 18.6 Å². The molecule has 54 heavy (non-hydrogen) atoms. The number of ether oxygens (including phenoxy) is 2. The van der Waals surface area contributed by atoms with Crippen LogP contribution in [-0.2, 0) is 32.7 Å². The summed E-state index contributed by atoms with van der Waals surface area (Å²) in [5.74, 6) is -0.779. The molecule has 0 heterocycles. The van der Waals surface area contributed by atoms with Gasteiger partial charge in [0.25, 0.3) is 0 Å². The fourth-order valence-electron chi connectivity index (χ4n) is 6.99. The van der Waals surface area contributed by atoms with E-state index in [9.17, 15) is 19.0 Å². The van der Waals surface area contributed by atoms with Gasteiger partial charge in [-0.15, -0.1) is 0 Å². The first-order valence-corrected chi connectivity index (χ1v) is 24.8. The zero-order chi connectivity index (χ0) is 39.6. The number of phosphoric acid groups is 1. The molecule has 0 aromatic rings. The Morgan fingerprint density at radius 3 is 1.04 bits per heavy atom. The molecule has 8 nitrogen and oxygen atoms in total. The normalized spacial score (nSPS) is 13.2. The van der Waals surface area contributed by atoms with Gasteiger partial charge in [0.1, 0.15) is 6.61 Å². The van der Waals surface area contributed by atoms with Crippen molar-refractivity contribution >= 4 is 19.8 Å². The van der Waals surface area contributed by atoms with Gasteiger partial charge in [-0.05, 0) is 19.8 Å². The highest BCUT2D eigenvalue weighted by Crippen LogP contribution is 2.43. The van der Waals surface area contributed by atoms with Crippen molar-refractivity contribution in [2.24, 2.45) is 0 Å². The molecule has 0 fully saturated rings. The Labute approximate surface area is 334 Å². The van der Waals surface area contributed by atoms with Crippen molar-refractivity contribution in [1.82, 2.24) is 0 Å². The van der Waals surface area contributed by atoms with Crippen molar-refractivity contribution in [3.05, 3.63) is 0 Å². The number of carbonyl (C=O) groups is 2. The van der Waals surface area contributed by atoms with Crippen LogP contribution in [0.15, 0.2) is 0 Å². The fraction of sp³-hybridized carbons (Fsp3) is 0.956. The zero-order valence-corrected chi connectivity index (χ0v) is 36.8. The second-order valence-electron chi connectivity index (χ2n) is 15.8. The van der Waals surface area contributed by atoms with Gasteiger partial charge < -0.3 is 14.4 Å². The summed E-state index contributed by atoms with van der Waals surface area (Å²) < 4.78 is 32.7. The third kappa shape index (κ3) is 40.7. The smallest absolute Gasteiger partial charge is 0.462 e. The lowest BCUT2D eigenvalue weighted by molar-refractivity contribution is -0.161. The van der Waals surface area contributed by atoms with Crippen LogP contribution in [0.25, 0.3) is 0 Å². The number of phosphoric ester groups is 1. The number of unbranched alkanes of at least 4 members (excludes halogenated alkanes) is 32. The van der Waals surface area contributed by atoms with Crippen molar-refractivity contribution in [1.29, 1.82) is 0 Å². The van der Waals surface area contributed by atoms with Crippen molar-refractivity contribution in [3.63, 3.8) is 0 Å². The first-order chi connectivity index (χ1) is 26.3. The Bertz CT molecular complexity index is 854. The molecular formula is C45H89O8P. The van der Waals surface area contributed by atoms with Gasteiger partial charge in [0.2, 0.25) is 0 Å². The van der Waals surface area contributed by atoms with Crippen LogP contribution in [0.3, 0.4) is 0 Å². The SMILES string of the molecule is CCCCCCCCCCCCCCCCCCCCCCCC(=O)OC(COC(=O)CCCCCCCCCCCCCCC)COP(=O)(O)OCC. The van der Waals surface area contributed by atoms with E-state index in [0.717, 1.165) is 38.5 Å². The molecule has 0 aliphatic carbocycles. The van der Waals surface area contributed by atoms with Crippen LogP contribution < -0.4 is 0 Å². The van der Waals surface area contributed by atoms with E-state index in [0.29, 0.717) is 6.42 Å². The van der Waals surface area contributed by atoms with Crippen LogP contribution in [0.1, 0.15) is 252 Å². The van der Waals surface area contributed by atoms with Gasteiger partial charge in [0.15, 0.2) is 6.10 Å². The summed E-state index contributed by atoms with van der Waals surface area (Å²) in [7, 11) is -4.27. The third-order valence-corrected chi connectivity index (χ3v) is 11.5. The molecule has 0 rings (SSSR count). The molecule has 0 aromatic carbocycles. The van der Waals surface area contributed by atoms with Gasteiger partial charge in [0, 0.05) is 12.8 Å². The highest BCUT2D eigenvalue weighted by molar-refractivity contribution is 7.47. The maximum atomic E-state index is 12.6. The summed E-state index contributed by atoms with van der Waals surface area (Å²) in [6, 6.07) is 0. The van der Waals surface area contributed by atoms with Gasteiger partial charge in [-0.2, -0.15) is 0 Å². The first kappa shape index (κ1) is 53.0. The van der Waals surface area contributed by atoms with E-state index in [4.69, 9.17) is 18.5 Å². The maximum absolute atomic E-state index is 12.6. The van der Waals surface area contributed by atoms with Crippen LogP contribution in [-0.4, -0.2) is 42.8 Å². The standard InChI is InChI=1S/C45H89O8P/c1-4-7-9-11-13-15-17-19-20-21-22-23-24-25-26-28-30-32-34-36-38-40-45(47)53-43(42-52-54(48,49)51-6-3)41-50-44(46)39-37-35-33-31-29-27-18-16-14-12-10-8-5-2/h43H,4-42H2,1-3H3,(H,48,49). The maximum Gasteiger partial charge on any atom is 0.472 e. The summed E-state index contributed by atoms with van der Waals surface area (Å²) in [4.78, 5) is 34.8. The summed E-state index contributed by atoms with van der Waals surface area (Å²) in [5, 5.41) is 0. The van der Waals surface area contributed by atoms with E-state index in [1.807, 2.05) is 0 Å². The average molecular weight is 789 g/mol. The van der Waals surface area contributed by atoms with Crippen molar-refractivity contribution in [2.75, 3.05) is 19.8 Å². The molecule has 0 aromatic heterocycles. The van der Waals surface area contributed by atoms with Gasteiger partial charge in [0.05, 0.1) is 13.2 Å². The Balaban J connectivity index is 3.95. The van der Waals surface area contributed by atoms with E-state index in [1.54, 1.807) is 6.92 Å². The van der Waals surface area contributed by atoms with Crippen LogP contribution in [0, 0.1) is 0 Å². The van der Waals surface area contributed by atoms with Crippen molar-refractivity contribution < 1.29 is 37.6 Å². The Kier molecular flexibility index (Phi) is 40.9. The lowest BCUT2D eigenvalue weighted by atomic mass is 10.0. The van der Waals surface area contributed by atoms with E-state index < -0.39 is 19.9 Å². The first-order valence-electron chi connectivity index (χ1n) is 23.3. The lowest BCUT2D eigenvalue weighted by Crippen LogP contribution is -2.29. The minimum atomic E-state index is -4.27. The molecule has 322 valence electrons. The van der Waals surface area contributed by atoms with E-state index >= 15 is 0 Å². The molecular weight excluding hydrogens is 699 g/mol. The minimum Gasteiger partial charge on any atom is -0.462 e. The van der Waals surface area contributed by atoms with Crippen molar-refractivity contribution in [3.8, 4) is 0 Å². The number of hydrogen-bond acceptors (Lipinski definition) is 7. The number of esters is 2. The van der Waals surface area contributed by atoms with Crippen LogP contribution in [0.4, 0.5) is 0 Å². The number of hydrogen-bond donors (Lipinski definition) is 1. The quantitative estimate of drug-likeness (QED) is 0.0369. The molecule has 2 atom stereocenters. The van der Waals surface area contributed by atoms with Crippen LogP contribution in [0.2, 0.25) is 0 Å². The van der Waals surface area contributed by atoms with E-state index in [2.05, 4.69) is 13.8 Å². The van der Waals surface area contributed by atoms with Gasteiger partial charge in [-0.1, -0.05) is 219 Å². The van der Waals surface area contributed by atoms with E-state index in [-0.39, 0.29) is 32.2 Å². The second-order valence-corrected chi connectivity index (χ2v) is 17.2. The highest BCUT2D eigenvalue weighted by Gasteiger charge is 2.25. The lowest BCUT2D eigenvalue weighted by Gasteiger charge is -2.19. The molecule has 0 aliphatic rings. The molecule has 0 radical (unpaired) electrons. The van der Waals surface area contributed by atoms with Gasteiger partial charge >= 0.3 is 19.8 Å². The summed E-state index contributed by atoms with van der Waals surface area (Å²) in [5.41, 5.74) is 0. The highest BCUT2D eigenvalue weighted by atomic mass is 31.2. The number of carbonyl (C=O) groups excluding carboxylic acids is 2. The predicted octanol–water partition coefficient (Wildman–Crippen LogP) is 14.7. The monoisotopic (exact) mass is 789 g/mol. The molecule has 0 amide bonds. The molecule has 9 heteroatoms.